The predicted molar refractivity (Wildman–Crippen MR) is 75.8 cm³/mol. The molecule has 1 aromatic rings. The van der Waals surface area contributed by atoms with Crippen LogP contribution in [0.25, 0.3) is 0 Å². The zero-order valence-electron chi connectivity index (χ0n) is 12.1. The third kappa shape index (κ3) is 2.42. The topological polar surface area (TPSA) is 55.8 Å². The maximum atomic E-state index is 12.0. The van der Waals surface area contributed by atoms with Gasteiger partial charge in [0.1, 0.15) is 5.60 Å². The lowest BCUT2D eigenvalue weighted by atomic mass is 9.84. The van der Waals surface area contributed by atoms with Gasteiger partial charge in [-0.05, 0) is 6.07 Å². The highest BCUT2D eigenvalue weighted by Gasteiger charge is 2.47. The van der Waals surface area contributed by atoms with E-state index >= 15 is 0 Å². The molecule has 0 aromatic heterocycles. The highest BCUT2D eigenvalue weighted by molar-refractivity contribution is 5.94. The first-order chi connectivity index (χ1) is 10.2. The van der Waals surface area contributed by atoms with Crippen LogP contribution in [0, 0.1) is 0 Å². The number of amides is 1. The van der Waals surface area contributed by atoms with E-state index < -0.39 is 5.60 Å². The third-order valence-corrected chi connectivity index (χ3v) is 4.37. The van der Waals surface area contributed by atoms with Crippen molar-refractivity contribution in [2.24, 2.45) is 0 Å². The SMILES string of the molecule is COCCC(=O)N1CCC2(CC1)OC(=O)c1ccccc12. The molecular weight excluding hydrogens is 270 g/mol. The van der Waals surface area contributed by atoms with Crippen molar-refractivity contribution in [3.8, 4) is 0 Å². The Hall–Kier alpha value is -1.88. The summed E-state index contributed by atoms with van der Waals surface area (Å²) < 4.78 is 10.6. The lowest BCUT2D eigenvalue weighted by Gasteiger charge is -2.38. The highest BCUT2D eigenvalue weighted by Crippen LogP contribution is 2.43. The number of esters is 1. The van der Waals surface area contributed by atoms with Crippen molar-refractivity contribution in [1.29, 1.82) is 0 Å². The van der Waals surface area contributed by atoms with Gasteiger partial charge in [-0.25, -0.2) is 4.79 Å². The minimum Gasteiger partial charge on any atom is -0.450 e. The molecule has 0 aliphatic carbocycles. The molecule has 0 bridgehead atoms. The molecule has 0 atom stereocenters. The Kier molecular flexibility index (Phi) is 3.68. The van der Waals surface area contributed by atoms with Gasteiger partial charge in [-0.15, -0.1) is 0 Å². The smallest absolute Gasteiger partial charge is 0.339 e. The summed E-state index contributed by atoms with van der Waals surface area (Å²) in [6.45, 7) is 1.67. The van der Waals surface area contributed by atoms with Gasteiger partial charge in [0.15, 0.2) is 0 Å². The quantitative estimate of drug-likeness (QED) is 0.795. The summed E-state index contributed by atoms with van der Waals surface area (Å²) in [5, 5.41) is 0. The van der Waals surface area contributed by atoms with Crippen molar-refractivity contribution >= 4 is 11.9 Å². The molecule has 1 amide bonds. The summed E-state index contributed by atoms with van der Waals surface area (Å²) in [5.41, 5.74) is 1.10. The Balaban J connectivity index is 1.72. The van der Waals surface area contributed by atoms with E-state index in [9.17, 15) is 9.59 Å². The molecule has 5 heteroatoms. The van der Waals surface area contributed by atoms with Gasteiger partial charge in [0.2, 0.25) is 5.91 Å². The molecule has 2 heterocycles. The van der Waals surface area contributed by atoms with E-state index in [1.165, 1.54) is 0 Å². The minimum absolute atomic E-state index is 0.101. The Morgan fingerprint density at radius 3 is 2.76 bits per heavy atom. The molecule has 0 N–H and O–H groups in total. The van der Waals surface area contributed by atoms with Crippen molar-refractivity contribution in [2.45, 2.75) is 24.9 Å². The number of carbonyl (C=O) groups excluding carboxylic acids is 2. The number of methoxy groups -OCH3 is 1. The van der Waals surface area contributed by atoms with E-state index in [0.29, 0.717) is 44.5 Å². The Labute approximate surface area is 123 Å². The number of benzene rings is 1. The second kappa shape index (κ2) is 5.48. The molecule has 0 radical (unpaired) electrons. The number of rotatable bonds is 3. The van der Waals surface area contributed by atoms with E-state index in [1.807, 2.05) is 29.2 Å². The minimum atomic E-state index is -0.536. The summed E-state index contributed by atoms with van der Waals surface area (Å²) in [4.78, 5) is 25.8. The van der Waals surface area contributed by atoms with Crippen molar-refractivity contribution in [2.75, 3.05) is 26.8 Å². The van der Waals surface area contributed by atoms with Crippen LogP contribution in [-0.2, 0) is 19.9 Å². The van der Waals surface area contributed by atoms with Crippen LogP contribution in [0.15, 0.2) is 24.3 Å². The summed E-state index contributed by atoms with van der Waals surface area (Å²) in [5.74, 6) is -0.144. The van der Waals surface area contributed by atoms with E-state index in [0.717, 1.165) is 5.56 Å². The molecular formula is C16H19NO4. The van der Waals surface area contributed by atoms with Gasteiger partial charge in [0.25, 0.3) is 0 Å². The molecule has 1 fully saturated rings. The van der Waals surface area contributed by atoms with Gasteiger partial charge in [-0.3, -0.25) is 4.79 Å². The predicted octanol–water partition coefficient (Wildman–Crippen LogP) is 1.71. The fourth-order valence-electron chi connectivity index (χ4n) is 3.18. The van der Waals surface area contributed by atoms with E-state index in [2.05, 4.69) is 0 Å². The first-order valence-corrected chi connectivity index (χ1v) is 7.26. The third-order valence-electron chi connectivity index (χ3n) is 4.37. The fourth-order valence-corrected chi connectivity index (χ4v) is 3.18. The number of hydrogen-bond acceptors (Lipinski definition) is 4. The van der Waals surface area contributed by atoms with E-state index in [4.69, 9.17) is 9.47 Å². The molecule has 5 nitrogen and oxygen atoms in total. The van der Waals surface area contributed by atoms with Crippen LogP contribution in [0.1, 0.15) is 35.2 Å². The van der Waals surface area contributed by atoms with Crippen LogP contribution in [0.5, 0.6) is 0 Å². The summed E-state index contributed by atoms with van der Waals surface area (Å²) >= 11 is 0. The largest absolute Gasteiger partial charge is 0.450 e. The second-order valence-electron chi connectivity index (χ2n) is 5.55. The van der Waals surface area contributed by atoms with Crippen LogP contribution < -0.4 is 0 Å². The number of hydrogen-bond donors (Lipinski definition) is 0. The van der Waals surface area contributed by atoms with Crippen molar-refractivity contribution in [3.63, 3.8) is 0 Å². The van der Waals surface area contributed by atoms with Crippen molar-refractivity contribution < 1.29 is 19.1 Å². The standard InChI is InChI=1S/C16H19NO4/c1-20-11-6-14(18)17-9-7-16(8-10-17)13-5-3-2-4-12(13)15(19)21-16/h2-5H,6-11H2,1H3. The molecule has 3 rings (SSSR count). The average molecular weight is 289 g/mol. The van der Waals surface area contributed by atoms with Crippen LogP contribution in [0.4, 0.5) is 0 Å². The van der Waals surface area contributed by atoms with Gasteiger partial charge < -0.3 is 14.4 Å². The van der Waals surface area contributed by atoms with Gasteiger partial charge in [-0.2, -0.15) is 0 Å². The lowest BCUT2D eigenvalue weighted by molar-refractivity contribution is -0.136. The van der Waals surface area contributed by atoms with Gasteiger partial charge in [0.05, 0.1) is 18.6 Å². The normalized spacial score (nSPS) is 19.5. The molecule has 1 saturated heterocycles. The number of fused-ring (bicyclic) bond motifs is 2. The molecule has 0 saturated carbocycles. The maximum Gasteiger partial charge on any atom is 0.339 e. The maximum absolute atomic E-state index is 12.0. The van der Waals surface area contributed by atoms with Gasteiger partial charge >= 0.3 is 5.97 Å². The number of likely N-dealkylation sites (tertiary alicyclic amines) is 1. The molecule has 1 aromatic carbocycles. The second-order valence-corrected chi connectivity index (χ2v) is 5.55. The number of carbonyl (C=O) groups is 2. The van der Waals surface area contributed by atoms with Crippen LogP contribution in [0.3, 0.4) is 0 Å². The van der Waals surface area contributed by atoms with Gasteiger partial charge in [0, 0.05) is 38.6 Å². The zero-order valence-corrected chi connectivity index (χ0v) is 12.1. The highest BCUT2D eigenvalue weighted by atomic mass is 16.6. The Morgan fingerprint density at radius 1 is 1.33 bits per heavy atom. The number of nitrogens with zero attached hydrogens (tertiary/aromatic N) is 1. The Bertz CT molecular complexity index is 561. The van der Waals surface area contributed by atoms with Crippen molar-refractivity contribution in [1.82, 2.24) is 4.90 Å². The molecule has 21 heavy (non-hydrogen) atoms. The van der Waals surface area contributed by atoms with Crippen molar-refractivity contribution in [3.05, 3.63) is 35.4 Å². The number of piperidine rings is 1. The number of ether oxygens (including phenoxy) is 2. The molecule has 112 valence electrons. The monoisotopic (exact) mass is 289 g/mol. The fraction of sp³-hybridized carbons (Fsp3) is 0.500. The summed E-state index contributed by atoms with van der Waals surface area (Å²) in [6.07, 6.45) is 1.73. The van der Waals surface area contributed by atoms with E-state index in [1.54, 1.807) is 7.11 Å². The molecule has 2 aliphatic rings. The summed E-state index contributed by atoms with van der Waals surface area (Å²) in [6, 6.07) is 7.55. The average Bonchev–Trinajstić information content (AvgIpc) is 2.79. The van der Waals surface area contributed by atoms with Gasteiger partial charge in [-0.1, -0.05) is 18.2 Å². The van der Waals surface area contributed by atoms with Crippen LogP contribution in [0.2, 0.25) is 0 Å². The van der Waals surface area contributed by atoms with Crippen LogP contribution >= 0.6 is 0 Å². The first kappa shape index (κ1) is 14.1. The summed E-state index contributed by atoms with van der Waals surface area (Å²) in [7, 11) is 1.59. The molecule has 2 aliphatic heterocycles. The van der Waals surface area contributed by atoms with Crippen LogP contribution in [-0.4, -0.2) is 43.6 Å². The Morgan fingerprint density at radius 2 is 2.05 bits per heavy atom. The lowest BCUT2D eigenvalue weighted by Crippen LogP contribution is -2.45. The molecule has 1 spiro atoms. The zero-order chi connectivity index (χ0) is 14.9. The first-order valence-electron chi connectivity index (χ1n) is 7.26. The molecule has 0 unspecified atom stereocenters. The van der Waals surface area contributed by atoms with E-state index in [-0.39, 0.29) is 11.9 Å².